The first kappa shape index (κ1) is 10.9. The summed E-state index contributed by atoms with van der Waals surface area (Å²) < 4.78 is 5.79. The zero-order chi connectivity index (χ0) is 11.5. The van der Waals surface area contributed by atoms with Gasteiger partial charge in [-0.2, -0.15) is 0 Å². The van der Waals surface area contributed by atoms with Gasteiger partial charge in [-0.05, 0) is 31.2 Å². The quantitative estimate of drug-likeness (QED) is 0.920. The van der Waals surface area contributed by atoms with E-state index in [1.165, 1.54) is 6.20 Å². The van der Waals surface area contributed by atoms with Crippen molar-refractivity contribution in [3.63, 3.8) is 0 Å². The van der Waals surface area contributed by atoms with Gasteiger partial charge >= 0.3 is 0 Å². The van der Waals surface area contributed by atoms with Crippen LogP contribution in [0.3, 0.4) is 0 Å². The largest absolute Gasteiger partial charge is 0.361 e. The first-order valence-corrected chi connectivity index (χ1v) is 5.44. The lowest BCUT2D eigenvalue weighted by atomic mass is 10.2. The molecular formula is C11H9BrN2O2. The molecule has 0 atom stereocenters. The fourth-order valence-electron chi connectivity index (χ4n) is 1.25. The van der Waals surface area contributed by atoms with Gasteiger partial charge in [0.25, 0.3) is 5.91 Å². The van der Waals surface area contributed by atoms with Gasteiger partial charge in [0.05, 0.1) is 6.20 Å². The number of nitrogens with zero attached hydrogens (tertiary/aromatic N) is 1. The van der Waals surface area contributed by atoms with Gasteiger partial charge in [-0.1, -0.05) is 21.1 Å². The van der Waals surface area contributed by atoms with Gasteiger partial charge in [0.2, 0.25) is 0 Å². The van der Waals surface area contributed by atoms with Crippen LogP contribution in [0.2, 0.25) is 0 Å². The number of benzene rings is 1. The molecule has 1 heterocycles. The molecule has 1 N–H and O–H groups in total. The number of aromatic nitrogens is 1. The highest BCUT2D eigenvalue weighted by molar-refractivity contribution is 9.10. The Balaban J connectivity index is 2.14. The maximum absolute atomic E-state index is 11.8. The van der Waals surface area contributed by atoms with Crippen LogP contribution in [0.25, 0.3) is 0 Å². The molecule has 0 aliphatic rings. The highest BCUT2D eigenvalue weighted by Crippen LogP contribution is 2.15. The summed E-state index contributed by atoms with van der Waals surface area (Å²) in [6.45, 7) is 1.70. The summed E-state index contributed by atoms with van der Waals surface area (Å²) in [4.78, 5) is 11.8. The fourth-order valence-corrected chi connectivity index (χ4v) is 1.51. The van der Waals surface area contributed by atoms with Crippen molar-refractivity contribution < 1.29 is 9.32 Å². The molecule has 4 nitrogen and oxygen atoms in total. The predicted octanol–water partition coefficient (Wildman–Crippen LogP) is 3.00. The van der Waals surface area contributed by atoms with Crippen molar-refractivity contribution in [1.29, 1.82) is 0 Å². The summed E-state index contributed by atoms with van der Waals surface area (Å²) in [6.07, 6.45) is 1.41. The van der Waals surface area contributed by atoms with Gasteiger partial charge in [0.1, 0.15) is 11.3 Å². The number of anilines is 1. The van der Waals surface area contributed by atoms with Crippen molar-refractivity contribution in [1.82, 2.24) is 5.16 Å². The van der Waals surface area contributed by atoms with E-state index in [0.717, 1.165) is 10.2 Å². The zero-order valence-corrected chi connectivity index (χ0v) is 10.1. The molecule has 2 aromatic rings. The van der Waals surface area contributed by atoms with Crippen molar-refractivity contribution >= 4 is 27.5 Å². The highest BCUT2D eigenvalue weighted by Gasteiger charge is 2.12. The van der Waals surface area contributed by atoms with Gasteiger partial charge < -0.3 is 9.84 Å². The number of aryl methyl sites for hydroxylation is 1. The van der Waals surface area contributed by atoms with Crippen LogP contribution >= 0.6 is 15.9 Å². The number of amides is 1. The number of hydrogen-bond acceptors (Lipinski definition) is 3. The van der Waals surface area contributed by atoms with Gasteiger partial charge in [0, 0.05) is 10.2 Å². The first-order valence-electron chi connectivity index (χ1n) is 4.65. The summed E-state index contributed by atoms with van der Waals surface area (Å²) in [5, 5.41) is 6.31. The molecule has 2 rings (SSSR count). The lowest BCUT2D eigenvalue weighted by Crippen LogP contribution is -2.11. The van der Waals surface area contributed by atoms with Crippen LogP contribution < -0.4 is 5.32 Å². The van der Waals surface area contributed by atoms with Crippen molar-refractivity contribution in [3.8, 4) is 0 Å². The van der Waals surface area contributed by atoms with Gasteiger partial charge in [-0.25, -0.2) is 0 Å². The SMILES string of the molecule is Cc1oncc1C(=O)Nc1ccc(Br)cc1. The topological polar surface area (TPSA) is 55.1 Å². The number of rotatable bonds is 2. The molecule has 82 valence electrons. The summed E-state index contributed by atoms with van der Waals surface area (Å²) in [7, 11) is 0. The molecule has 0 saturated carbocycles. The molecule has 0 radical (unpaired) electrons. The molecule has 1 amide bonds. The van der Waals surface area contributed by atoms with E-state index < -0.39 is 0 Å². The predicted molar refractivity (Wildman–Crippen MR) is 63.3 cm³/mol. The van der Waals surface area contributed by atoms with Crippen molar-refractivity contribution in [2.45, 2.75) is 6.92 Å². The van der Waals surface area contributed by atoms with E-state index in [0.29, 0.717) is 11.3 Å². The second-order valence-corrected chi connectivity index (χ2v) is 4.17. The minimum atomic E-state index is -0.221. The van der Waals surface area contributed by atoms with E-state index in [1.807, 2.05) is 24.3 Å². The highest BCUT2D eigenvalue weighted by atomic mass is 79.9. The smallest absolute Gasteiger partial charge is 0.260 e. The number of halogens is 1. The molecule has 1 aromatic carbocycles. The molecule has 16 heavy (non-hydrogen) atoms. The molecule has 0 unspecified atom stereocenters. The van der Waals surface area contributed by atoms with Gasteiger partial charge in [-0.15, -0.1) is 0 Å². The van der Waals surface area contributed by atoms with Crippen molar-refractivity contribution in [2.24, 2.45) is 0 Å². The van der Waals surface area contributed by atoms with E-state index in [4.69, 9.17) is 4.52 Å². The molecule has 0 bridgehead atoms. The molecule has 5 heteroatoms. The van der Waals surface area contributed by atoms with E-state index in [-0.39, 0.29) is 5.91 Å². The van der Waals surface area contributed by atoms with Crippen LogP contribution in [-0.2, 0) is 0 Å². The number of carbonyl (C=O) groups is 1. The lowest BCUT2D eigenvalue weighted by Gasteiger charge is -2.03. The summed E-state index contributed by atoms with van der Waals surface area (Å²) >= 11 is 3.32. The molecule has 1 aromatic heterocycles. The third-order valence-electron chi connectivity index (χ3n) is 2.10. The van der Waals surface area contributed by atoms with E-state index in [9.17, 15) is 4.79 Å². The maximum atomic E-state index is 11.8. The lowest BCUT2D eigenvalue weighted by molar-refractivity contribution is 0.102. The van der Waals surface area contributed by atoms with Gasteiger partial charge in [0.15, 0.2) is 0 Å². The number of carbonyl (C=O) groups excluding carboxylic acids is 1. The summed E-state index contributed by atoms with van der Waals surface area (Å²) in [6, 6.07) is 7.34. The minimum absolute atomic E-state index is 0.221. The van der Waals surface area contributed by atoms with E-state index in [1.54, 1.807) is 6.92 Å². The molecule has 0 spiro atoms. The van der Waals surface area contributed by atoms with Crippen LogP contribution in [0.1, 0.15) is 16.1 Å². The number of hydrogen-bond donors (Lipinski definition) is 1. The second-order valence-electron chi connectivity index (χ2n) is 3.26. The van der Waals surface area contributed by atoms with Crippen LogP contribution in [0.15, 0.2) is 39.5 Å². The van der Waals surface area contributed by atoms with Crippen molar-refractivity contribution in [3.05, 3.63) is 46.3 Å². The van der Waals surface area contributed by atoms with Gasteiger partial charge in [-0.3, -0.25) is 4.79 Å². The Kier molecular flexibility index (Phi) is 3.05. The Morgan fingerprint density at radius 2 is 2.06 bits per heavy atom. The van der Waals surface area contributed by atoms with Crippen molar-refractivity contribution in [2.75, 3.05) is 5.32 Å². The average molecular weight is 281 g/mol. The Morgan fingerprint density at radius 1 is 1.38 bits per heavy atom. The van der Waals surface area contributed by atoms with Crippen LogP contribution in [0.4, 0.5) is 5.69 Å². The van der Waals surface area contributed by atoms with E-state index in [2.05, 4.69) is 26.4 Å². The number of nitrogens with one attached hydrogen (secondary N) is 1. The minimum Gasteiger partial charge on any atom is -0.361 e. The molecule has 0 aliphatic carbocycles. The van der Waals surface area contributed by atoms with Crippen LogP contribution in [0, 0.1) is 6.92 Å². The Hall–Kier alpha value is -1.62. The summed E-state index contributed by atoms with van der Waals surface area (Å²) in [5.41, 5.74) is 1.18. The Labute approximate surface area is 101 Å². The monoisotopic (exact) mass is 280 g/mol. The van der Waals surface area contributed by atoms with E-state index >= 15 is 0 Å². The molecule has 0 saturated heterocycles. The Morgan fingerprint density at radius 3 is 2.62 bits per heavy atom. The van der Waals surface area contributed by atoms with Crippen LogP contribution in [0.5, 0.6) is 0 Å². The second kappa shape index (κ2) is 4.49. The molecule has 0 aliphatic heterocycles. The zero-order valence-electron chi connectivity index (χ0n) is 8.53. The fraction of sp³-hybridized carbons (Fsp3) is 0.0909. The third kappa shape index (κ3) is 2.30. The standard InChI is InChI=1S/C11H9BrN2O2/c1-7-10(6-13-16-7)11(15)14-9-4-2-8(12)3-5-9/h2-6H,1H3,(H,14,15). The Bertz CT molecular complexity index is 505. The molecule has 0 fully saturated rings. The maximum Gasteiger partial charge on any atom is 0.260 e. The van der Waals surface area contributed by atoms with Crippen LogP contribution in [-0.4, -0.2) is 11.1 Å². The summed E-state index contributed by atoms with van der Waals surface area (Å²) in [5.74, 6) is 0.288. The first-order chi connectivity index (χ1) is 7.66. The normalized spacial score (nSPS) is 10.1. The molecular weight excluding hydrogens is 272 g/mol. The third-order valence-corrected chi connectivity index (χ3v) is 2.63. The average Bonchev–Trinajstić information content (AvgIpc) is 2.68.